The molecule has 0 unspecified atom stereocenters. The Labute approximate surface area is 187 Å². The zero-order valence-corrected chi connectivity index (χ0v) is 19.1. The quantitative estimate of drug-likeness (QED) is 0.390. The Balaban J connectivity index is 1.46. The molecule has 0 aliphatic rings. The number of hydrogen-bond donors (Lipinski definition) is 1. The minimum Gasteiger partial charge on any atom is -0.464 e. The van der Waals surface area contributed by atoms with Crippen LogP contribution in [0.4, 0.5) is 0 Å². The molecule has 4 aromatic rings. The number of amides is 1. The van der Waals surface area contributed by atoms with Crippen molar-refractivity contribution in [3.8, 4) is 0 Å². The topological polar surface area (TPSA) is 72.5 Å². The molecule has 5 nitrogen and oxygen atoms in total. The summed E-state index contributed by atoms with van der Waals surface area (Å²) >= 11 is 0. The normalized spacial score (nSPS) is 12.4. The van der Waals surface area contributed by atoms with Crippen LogP contribution >= 0.6 is 0 Å². The average molecular weight is 432 g/mol. The van der Waals surface area contributed by atoms with Gasteiger partial charge in [0.05, 0.1) is 6.26 Å². The molecule has 0 saturated heterocycles. The fraction of sp³-hybridized carbons (Fsp3) is 0.333. The molecule has 4 rings (SSSR count). The van der Waals surface area contributed by atoms with E-state index in [1.54, 1.807) is 6.26 Å². The lowest BCUT2D eigenvalue weighted by molar-refractivity contribution is -0.121. The molecule has 1 atom stereocenters. The number of rotatable bonds is 7. The highest BCUT2D eigenvalue weighted by Gasteiger charge is 2.18. The summed E-state index contributed by atoms with van der Waals surface area (Å²) in [6, 6.07) is 12.3. The molecule has 0 saturated carbocycles. The summed E-state index contributed by atoms with van der Waals surface area (Å²) in [7, 11) is 0. The third-order valence-electron chi connectivity index (χ3n) is 6.25. The number of carbonyl (C=O) groups excluding carboxylic acids is 1. The number of aryl methyl sites for hydroxylation is 4. The van der Waals surface area contributed by atoms with Gasteiger partial charge in [-0.3, -0.25) is 4.79 Å². The Morgan fingerprint density at radius 1 is 1.00 bits per heavy atom. The first kappa shape index (κ1) is 21.9. The van der Waals surface area contributed by atoms with E-state index in [1.807, 2.05) is 52.0 Å². The summed E-state index contributed by atoms with van der Waals surface area (Å²) < 4.78 is 11.3. The highest BCUT2D eigenvalue weighted by molar-refractivity contribution is 5.99. The minimum atomic E-state index is -0.384. The van der Waals surface area contributed by atoms with Crippen molar-refractivity contribution in [2.45, 2.75) is 59.4 Å². The molecule has 0 bridgehead atoms. The third kappa shape index (κ3) is 4.33. The van der Waals surface area contributed by atoms with E-state index >= 15 is 0 Å². The number of carbonyl (C=O) groups is 1. The molecule has 32 heavy (non-hydrogen) atoms. The Morgan fingerprint density at radius 3 is 2.50 bits per heavy atom. The molecule has 1 amide bonds. The fourth-order valence-electron chi connectivity index (χ4n) is 4.29. The summed E-state index contributed by atoms with van der Waals surface area (Å²) in [6.45, 7) is 7.84. The van der Waals surface area contributed by atoms with E-state index in [2.05, 4.69) is 17.4 Å². The Morgan fingerprint density at radius 2 is 1.75 bits per heavy atom. The monoisotopic (exact) mass is 431 g/mol. The van der Waals surface area contributed by atoms with Gasteiger partial charge in [0.25, 0.3) is 0 Å². The Hall–Kier alpha value is -3.34. The first-order valence-electron chi connectivity index (χ1n) is 11.1. The summed E-state index contributed by atoms with van der Waals surface area (Å²) in [6.07, 6.45) is 4.10. The minimum absolute atomic E-state index is 0.0539. The van der Waals surface area contributed by atoms with Gasteiger partial charge in [0.1, 0.15) is 11.2 Å². The smallest absolute Gasteiger partial charge is 0.339 e. The number of hydrogen-bond acceptors (Lipinski definition) is 4. The predicted octanol–water partition coefficient (Wildman–Crippen LogP) is 5.53. The van der Waals surface area contributed by atoms with Crippen LogP contribution in [0.15, 0.2) is 56.3 Å². The molecule has 166 valence electrons. The van der Waals surface area contributed by atoms with Gasteiger partial charge in [-0.1, -0.05) is 30.3 Å². The molecule has 2 heterocycles. The van der Waals surface area contributed by atoms with Gasteiger partial charge >= 0.3 is 5.63 Å². The number of benzene rings is 2. The molecular weight excluding hydrogens is 402 g/mol. The SMILES string of the molecule is Cc1coc2c(C)c3oc(=O)c(CCC(=O)N[C@H](C)CCc4ccccc4)c(C)c3cc12. The highest BCUT2D eigenvalue weighted by Crippen LogP contribution is 2.32. The van der Waals surface area contributed by atoms with Gasteiger partial charge in [0, 0.05) is 34.4 Å². The zero-order chi connectivity index (χ0) is 22.8. The number of nitrogens with one attached hydrogen (secondary N) is 1. The van der Waals surface area contributed by atoms with Gasteiger partial charge in [0.15, 0.2) is 0 Å². The lowest BCUT2D eigenvalue weighted by Crippen LogP contribution is -2.33. The largest absolute Gasteiger partial charge is 0.464 e. The average Bonchev–Trinajstić information content (AvgIpc) is 3.15. The van der Waals surface area contributed by atoms with Crippen molar-refractivity contribution in [1.82, 2.24) is 5.32 Å². The van der Waals surface area contributed by atoms with Gasteiger partial charge < -0.3 is 14.2 Å². The maximum atomic E-state index is 12.7. The Kier molecular flexibility index (Phi) is 6.17. The second-order valence-electron chi connectivity index (χ2n) is 8.66. The summed E-state index contributed by atoms with van der Waals surface area (Å²) in [5.41, 5.74) is 5.46. The van der Waals surface area contributed by atoms with Crippen LogP contribution in [0.25, 0.3) is 21.9 Å². The molecule has 0 radical (unpaired) electrons. The van der Waals surface area contributed by atoms with Gasteiger partial charge in [-0.25, -0.2) is 4.79 Å². The van der Waals surface area contributed by atoms with E-state index in [0.29, 0.717) is 17.6 Å². The lowest BCUT2D eigenvalue weighted by atomic mass is 9.98. The summed E-state index contributed by atoms with van der Waals surface area (Å²) in [5.74, 6) is -0.0539. The third-order valence-corrected chi connectivity index (χ3v) is 6.25. The second-order valence-corrected chi connectivity index (χ2v) is 8.66. The van der Waals surface area contributed by atoms with Crippen molar-refractivity contribution in [2.75, 3.05) is 0 Å². The molecule has 1 N–H and O–H groups in total. The second kappa shape index (κ2) is 9.03. The number of furan rings is 1. The summed E-state index contributed by atoms with van der Waals surface area (Å²) in [4.78, 5) is 25.2. The van der Waals surface area contributed by atoms with Crippen LogP contribution in [0.5, 0.6) is 0 Å². The predicted molar refractivity (Wildman–Crippen MR) is 127 cm³/mol. The van der Waals surface area contributed by atoms with Crippen molar-refractivity contribution in [3.63, 3.8) is 0 Å². The molecule has 0 spiro atoms. The first-order valence-corrected chi connectivity index (χ1v) is 11.1. The molecular formula is C27H29NO4. The number of fused-ring (bicyclic) bond motifs is 2. The Bertz CT molecular complexity index is 1330. The maximum absolute atomic E-state index is 12.7. The van der Waals surface area contributed by atoms with Crippen molar-refractivity contribution in [2.24, 2.45) is 0 Å². The van der Waals surface area contributed by atoms with Gasteiger partial charge in [-0.2, -0.15) is 0 Å². The van der Waals surface area contributed by atoms with Crippen LogP contribution in [0, 0.1) is 20.8 Å². The van der Waals surface area contributed by atoms with E-state index in [4.69, 9.17) is 8.83 Å². The zero-order valence-electron chi connectivity index (χ0n) is 19.1. The van der Waals surface area contributed by atoms with Gasteiger partial charge in [-0.05, 0) is 69.7 Å². The van der Waals surface area contributed by atoms with Gasteiger partial charge in [0.2, 0.25) is 5.91 Å². The van der Waals surface area contributed by atoms with E-state index < -0.39 is 0 Å². The van der Waals surface area contributed by atoms with E-state index in [1.165, 1.54) is 5.56 Å². The van der Waals surface area contributed by atoms with E-state index in [-0.39, 0.29) is 24.0 Å². The summed E-state index contributed by atoms with van der Waals surface area (Å²) in [5, 5.41) is 4.96. The van der Waals surface area contributed by atoms with Crippen LogP contribution < -0.4 is 10.9 Å². The van der Waals surface area contributed by atoms with Crippen molar-refractivity contribution < 1.29 is 13.6 Å². The molecule has 0 aliphatic heterocycles. The van der Waals surface area contributed by atoms with E-state index in [9.17, 15) is 9.59 Å². The highest BCUT2D eigenvalue weighted by atomic mass is 16.4. The van der Waals surface area contributed by atoms with Crippen LogP contribution in [0.1, 0.15) is 47.6 Å². The lowest BCUT2D eigenvalue weighted by Gasteiger charge is -2.14. The van der Waals surface area contributed by atoms with Crippen LogP contribution in [0.3, 0.4) is 0 Å². The van der Waals surface area contributed by atoms with Crippen LogP contribution in [-0.2, 0) is 17.6 Å². The molecule has 5 heteroatoms. The standard InChI is InChI=1S/C27H29NO4/c1-16-15-31-25-19(4)26-23(14-22(16)25)18(3)21(27(30)32-26)12-13-24(29)28-17(2)10-11-20-8-6-5-7-9-20/h5-9,14-15,17H,10-13H2,1-4H3,(H,28,29)/t17-/m1/s1. The molecule has 0 fully saturated rings. The van der Waals surface area contributed by atoms with Crippen molar-refractivity contribution in [3.05, 3.63) is 80.9 Å². The molecule has 0 aliphatic carbocycles. The maximum Gasteiger partial charge on any atom is 0.339 e. The first-order chi connectivity index (χ1) is 15.3. The van der Waals surface area contributed by atoms with Crippen molar-refractivity contribution in [1.29, 1.82) is 0 Å². The van der Waals surface area contributed by atoms with Crippen molar-refractivity contribution >= 4 is 27.8 Å². The molecule has 2 aromatic carbocycles. The fourth-order valence-corrected chi connectivity index (χ4v) is 4.29. The molecule has 2 aromatic heterocycles. The van der Waals surface area contributed by atoms with Crippen LogP contribution in [-0.4, -0.2) is 11.9 Å². The van der Waals surface area contributed by atoms with Crippen LogP contribution in [0.2, 0.25) is 0 Å². The van der Waals surface area contributed by atoms with E-state index in [0.717, 1.165) is 45.9 Å². The van der Waals surface area contributed by atoms with Gasteiger partial charge in [-0.15, -0.1) is 0 Å².